The summed E-state index contributed by atoms with van der Waals surface area (Å²) in [6.45, 7) is 1.81. The largest absolute Gasteiger partial charge is 0.489 e. The lowest BCUT2D eigenvalue weighted by molar-refractivity contribution is 0.0699. The second-order valence-electron chi connectivity index (χ2n) is 10.6. The Labute approximate surface area is 250 Å². The summed E-state index contributed by atoms with van der Waals surface area (Å²) in [5.74, 6) is 1.13. The van der Waals surface area contributed by atoms with E-state index in [1.807, 2.05) is 30.3 Å². The van der Waals surface area contributed by atoms with Crippen molar-refractivity contribution in [3.05, 3.63) is 98.3 Å². The molecule has 2 N–H and O–H groups in total. The van der Waals surface area contributed by atoms with Gasteiger partial charge in [-0.25, -0.2) is 4.79 Å². The number of rotatable bonds is 8. The van der Waals surface area contributed by atoms with Crippen molar-refractivity contribution in [1.29, 1.82) is 0 Å². The highest BCUT2D eigenvalue weighted by Gasteiger charge is 2.34. The van der Waals surface area contributed by atoms with Crippen LogP contribution in [0.5, 0.6) is 5.75 Å². The monoisotopic (exact) mass is 607 g/mol. The first kappa shape index (κ1) is 26.3. The summed E-state index contributed by atoms with van der Waals surface area (Å²) in [7, 11) is 0. The first-order valence-corrected chi connectivity index (χ1v) is 14.4. The number of ether oxygens (including phenoxy) is 1. The maximum Gasteiger partial charge on any atom is 0.337 e. The predicted molar refractivity (Wildman–Crippen MR) is 160 cm³/mol. The standard InChI is InChI=1S/C31H24Cl3N3O4/c32-23-2-1-3-24(33)28(23)29-22(30(41-36-29)16-4-5-16)15-40-19-7-9-27(25(34)11-19)37-13-18(14-37)17-6-8-26-20(10-17)21(12-35-26)31(38)39/h1-3,6-12,16,18,35H,4-5,13-15H2,(H,38,39). The summed E-state index contributed by atoms with van der Waals surface area (Å²) < 4.78 is 11.9. The molecule has 1 saturated heterocycles. The molecule has 1 saturated carbocycles. The molecule has 1 aliphatic heterocycles. The fourth-order valence-corrected chi connectivity index (χ4v) is 6.36. The number of H-pyrrole nitrogens is 1. The summed E-state index contributed by atoms with van der Waals surface area (Å²) in [5.41, 5.74) is 5.23. The molecule has 10 heteroatoms. The highest BCUT2D eigenvalue weighted by atomic mass is 35.5. The van der Waals surface area contributed by atoms with Crippen LogP contribution in [0.2, 0.25) is 15.1 Å². The smallest absolute Gasteiger partial charge is 0.337 e. The first-order chi connectivity index (χ1) is 19.9. The molecule has 7 nitrogen and oxygen atoms in total. The summed E-state index contributed by atoms with van der Waals surface area (Å²) in [6.07, 6.45) is 3.64. The molecule has 1 aliphatic carbocycles. The van der Waals surface area contributed by atoms with Crippen molar-refractivity contribution in [3.63, 3.8) is 0 Å². The topological polar surface area (TPSA) is 91.6 Å². The van der Waals surface area contributed by atoms with E-state index in [-0.39, 0.29) is 18.1 Å². The molecular formula is C31H24Cl3N3O4. The molecule has 0 atom stereocenters. The summed E-state index contributed by atoms with van der Waals surface area (Å²) in [4.78, 5) is 16.8. The molecule has 2 aromatic heterocycles. The van der Waals surface area contributed by atoms with Gasteiger partial charge in [0, 0.05) is 53.7 Å². The molecule has 5 aromatic rings. The van der Waals surface area contributed by atoms with Crippen molar-refractivity contribution >= 4 is 57.4 Å². The number of aromatic carboxylic acids is 1. The molecule has 0 spiro atoms. The van der Waals surface area contributed by atoms with Crippen LogP contribution in [0, 0.1) is 0 Å². The van der Waals surface area contributed by atoms with E-state index < -0.39 is 5.97 Å². The Hall–Kier alpha value is -3.65. The van der Waals surface area contributed by atoms with Crippen LogP contribution >= 0.6 is 34.8 Å². The third-order valence-electron chi connectivity index (χ3n) is 7.90. The average molecular weight is 609 g/mol. The highest BCUT2D eigenvalue weighted by molar-refractivity contribution is 6.39. The van der Waals surface area contributed by atoms with Gasteiger partial charge in [0.25, 0.3) is 0 Å². The molecule has 7 rings (SSSR count). The Morgan fingerprint density at radius 2 is 1.80 bits per heavy atom. The van der Waals surface area contributed by atoms with Crippen LogP contribution in [-0.2, 0) is 6.61 Å². The van der Waals surface area contributed by atoms with Crippen LogP contribution in [0.4, 0.5) is 5.69 Å². The van der Waals surface area contributed by atoms with Crippen LogP contribution in [0.1, 0.15) is 51.9 Å². The van der Waals surface area contributed by atoms with Gasteiger partial charge in [0.1, 0.15) is 23.8 Å². The van der Waals surface area contributed by atoms with Gasteiger partial charge in [-0.2, -0.15) is 0 Å². The number of nitrogens with zero attached hydrogens (tertiary/aromatic N) is 2. The molecule has 3 aromatic carbocycles. The zero-order chi connectivity index (χ0) is 28.2. The van der Waals surface area contributed by atoms with Gasteiger partial charge < -0.3 is 24.3 Å². The number of halogens is 3. The van der Waals surface area contributed by atoms with Crippen molar-refractivity contribution < 1.29 is 19.2 Å². The molecular weight excluding hydrogens is 585 g/mol. The molecule has 41 heavy (non-hydrogen) atoms. The number of nitrogens with one attached hydrogen (secondary N) is 1. The van der Waals surface area contributed by atoms with Crippen LogP contribution in [0.15, 0.2) is 65.3 Å². The number of carbonyl (C=O) groups is 1. The molecule has 0 bridgehead atoms. The van der Waals surface area contributed by atoms with E-state index in [2.05, 4.69) is 21.1 Å². The Morgan fingerprint density at radius 3 is 2.51 bits per heavy atom. The maximum absolute atomic E-state index is 11.5. The van der Waals surface area contributed by atoms with E-state index in [1.165, 1.54) is 6.20 Å². The normalized spacial score (nSPS) is 15.3. The van der Waals surface area contributed by atoms with Gasteiger partial charge >= 0.3 is 5.97 Å². The fourth-order valence-electron chi connectivity index (χ4n) is 5.49. The van der Waals surface area contributed by atoms with E-state index in [1.54, 1.807) is 18.2 Å². The van der Waals surface area contributed by atoms with Gasteiger partial charge in [-0.05, 0) is 54.8 Å². The number of fused-ring (bicyclic) bond motifs is 1. The summed E-state index contributed by atoms with van der Waals surface area (Å²) in [6, 6.07) is 17.0. The third kappa shape index (κ3) is 4.82. The van der Waals surface area contributed by atoms with Crippen LogP contribution < -0.4 is 9.64 Å². The van der Waals surface area contributed by atoms with E-state index in [0.717, 1.165) is 59.4 Å². The number of hydrogen-bond acceptors (Lipinski definition) is 5. The zero-order valence-corrected chi connectivity index (χ0v) is 23.9. The summed E-state index contributed by atoms with van der Waals surface area (Å²) in [5, 5.41) is 16.1. The number of anilines is 1. The van der Waals surface area contributed by atoms with Crippen molar-refractivity contribution in [3.8, 4) is 17.0 Å². The molecule has 208 valence electrons. The maximum atomic E-state index is 11.5. The number of carboxylic acid groups (broad SMARTS) is 1. The molecule has 0 amide bonds. The van der Waals surface area contributed by atoms with Gasteiger partial charge in [0.2, 0.25) is 0 Å². The van der Waals surface area contributed by atoms with Gasteiger partial charge in [-0.1, -0.05) is 52.1 Å². The van der Waals surface area contributed by atoms with Crippen molar-refractivity contribution in [2.45, 2.75) is 31.3 Å². The van der Waals surface area contributed by atoms with Gasteiger partial charge in [0.05, 0.1) is 31.9 Å². The average Bonchev–Trinajstić information content (AvgIpc) is 3.54. The lowest BCUT2D eigenvalue weighted by Crippen LogP contribution is -2.45. The van der Waals surface area contributed by atoms with Gasteiger partial charge in [0.15, 0.2) is 0 Å². The number of carboxylic acids is 1. The van der Waals surface area contributed by atoms with Crippen molar-refractivity contribution in [2.75, 3.05) is 18.0 Å². The lowest BCUT2D eigenvalue weighted by atomic mass is 9.90. The molecule has 0 radical (unpaired) electrons. The van der Waals surface area contributed by atoms with Crippen LogP contribution in [0.25, 0.3) is 22.2 Å². The minimum absolute atomic E-state index is 0.244. The van der Waals surface area contributed by atoms with E-state index >= 15 is 0 Å². The second-order valence-corrected chi connectivity index (χ2v) is 11.8. The quantitative estimate of drug-likeness (QED) is 0.183. The predicted octanol–water partition coefficient (Wildman–Crippen LogP) is 8.54. The van der Waals surface area contributed by atoms with Crippen molar-refractivity contribution in [1.82, 2.24) is 10.1 Å². The third-order valence-corrected chi connectivity index (χ3v) is 8.83. The number of hydrogen-bond donors (Lipinski definition) is 2. The first-order valence-electron chi connectivity index (χ1n) is 13.3. The van der Waals surface area contributed by atoms with E-state index in [0.29, 0.717) is 38.0 Å². The fraction of sp³-hybridized carbons (Fsp3) is 0.226. The Bertz CT molecular complexity index is 1780. The highest BCUT2D eigenvalue weighted by Crippen LogP contribution is 2.46. The molecule has 3 heterocycles. The minimum atomic E-state index is -0.936. The van der Waals surface area contributed by atoms with Gasteiger partial charge in [-0.15, -0.1) is 0 Å². The summed E-state index contributed by atoms with van der Waals surface area (Å²) >= 11 is 19.7. The Morgan fingerprint density at radius 1 is 1.02 bits per heavy atom. The molecule has 2 aliphatic rings. The van der Waals surface area contributed by atoms with E-state index in [4.69, 9.17) is 44.1 Å². The zero-order valence-electron chi connectivity index (χ0n) is 21.7. The molecule has 2 fully saturated rings. The molecule has 0 unspecified atom stereocenters. The lowest BCUT2D eigenvalue weighted by Gasteiger charge is -2.42. The van der Waals surface area contributed by atoms with Crippen molar-refractivity contribution in [2.24, 2.45) is 0 Å². The number of benzene rings is 3. The number of aromatic amines is 1. The minimum Gasteiger partial charge on any atom is -0.489 e. The second kappa shape index (κ2) is 10.3. The number of aromatic nitrogens is 2. The van der Waals surface area contributed by atoms with Crippen LogP contribution in [-0.4, -0.2) is 34.3 Å². The van der Waals surface area contributed by atoms with Gasteiger partial charge in [-0.3, -0.25) is 0 Å². The SMILES string of the molecule is O=C(O)c1c[nH]c2ccc(C3CN(c4ccc(OCc5c(-c6c(Cl)cccc6Cl)noc5C5CC5)cc4Cl)C3)cc12. The Kier molecular flexibility index (Phi) is 6.61. The van der Waals surface area contributed by atoms with E-state index in [9.17, 15) is 9.90 Å². The van der Waals surface area contributed by atoms with Crippen LogP contribution in [0.3, 0.4) is 0 Å². The Balaban J connectivity index is 1.06.